The summed E-state index contributed by atoms with van der Waals surface area (Å²) in [6.45, 7) is 10.8. The predicted octanol–water partition coefficient (Wildman–Crippen LogP) is 1.72. The summed E-state index contributed by atoms with van der Waals surface area (Å²) in [5.41, 5.74) is 0. The SMILES string of the molecule is CC1CCNCCCN(C)CCCCN(C)CCCN1C. The molecular weight excluding hydrogens is 260 g/mol. The van der Waals surface area contributed by atoms with E-state index in [0.29, 0.717) is 6.04 Å². The smallest absolute Gasteiger partial charge is 0.00759 e. The fraction of sp³-hybridized carbons (Fsp3) is 1.00. The van der Waals surface area contributed by atoms with E-state index in [4.69, 9.17) is 0 Å². The van der Waals surface area contributed by atoms with Gasteiger partial charge in [0.1, 0.15) is 0 Å². The van der Waals surface area contributed by atoms with E-state index in [0.717, 1.165) is 13.1 Å². The van der Waals surface area contributed by atoms with E-state index in [1.165, 1.54) is 64.8 Å². The zero-order chi connectivity index (χ0) is 15.5. The lowest BCUT2D eigenvalue weighted by Crippen LogP contribution is -2.34. The van der Waals surface area contributed by atoms with Gasteiger partial charge < -0.3 is 20.0 Å². The average Bonchev–Trinajstić information content (AvgIpc) is 2.46. The minimum atomic E-state index is 0.682. The van der Waals surface area contributed by atoms with Gasteiger partial charge in [-0.05, 0) is 106 Å². The summed E-state index contributed by atoms with van der Waals surface area (Å²) in [7, 11) is 6.80. The van der Waals surface area contributed by atoms with Crippen LogP contribution in [0.1, 0.15) is 39.0 Å². The Hall–Kier alpha value is -0.160. The summed E-state index contributed by atoms with van der Waals surface area (Å²) >= 11 is 0. The molecule has 0 aromatic rings. The topological polar surface area (TPSA) is 21.8 Å². The maximum atomic E-state index is 3.60. The highest BCUT2D eigenvalue weighted by molar-refractivity contribution is 4.67. The zero-order valence-corrected chi connectivity index (χ0v) is 14.9. The fourth-order valence-electron chi connectivity index (χ4n) is 2.93. The molecule has 0 aromatic carbocycles. The molecule has 1 aliphatic rings. The second-order valence-corrected chi connectivity index (χ2v) is 6.89. The Morgan fingerprint density at radius 2 is 1.29 bits per heavy atom. The highest BCUT2D eigenvalue weighted by Gasteiger charge is 2.09. The van der Waals surface area contributed by atoms with Crippen molar-refractivity contribution < 1.29 is 0 Å². The summed E-state index contributed by atoms with van der Waals surface area (Å²) < 4.78 is 0. The summed E-state index contributed by atoms with van der Waals surface area (Å²) in [6, 6.07) is 0.682. The molecule has 0 bridgehead atoms. The van der Waals surface area contributed by atoms with Crippen molar-refractivity contribution >= 4 is 0 Å². The van der Waals surface area contributed by atoms with E-state index < -0.39 is 0 Å². The van der Waals surface area contributed by atoms with Gasteiger partial charge in [0.15, 0.2) is 0 Å². The van der Waals surface area contributed by atoms with E-state index >= 15 is 0 Å². The largest absolute Gasteiger partial charge is 0.317 e. The highest BCUT2D eigenvalue weighted by Crippen LogP contribution is 2.03. The Kier molecular flexibility index (Phi) is 10.3. The van der Waals surface area contributed by atoms with Gasteiger partial charge in [-0.2, -0.15) is 0 Å². The van der Waals surface area contributed by atoms with Crippen molar-refractivity contribution in [3.05, 3.63) is 0 Å². The van der Waals surface area contributed by atoms with Crippen LogP contribution in [0.4, 0.5) is 0 Å². The summed E-state index contributed by atoms with van der Waals surface area (Å²) in [5.74, 6) is 0. The third-order valence-corrected chi connectivity index (χ3v) is 4.77. The lowest BCUT2D eigenvalue weighted by Gasteiger charge is -2.26. The highest BCUT2D eigenvalue weighted by atomic mass is 15.1. The lowest BCUT2D eigenvalue weighted by atomic mass is 10.2. The maximum absolute atomic E-state index is 3.60. The van der Waals surface area contributed by atoms with Crippen molar-refractivity contribution in [3.8, 4) is 0 Å². The second-order valence-electron chi connectivity index (χ2n) is 6.89. The molecule has 0 saturated carbocycles. The Bertz CT molecular complexity index is 247. The first-order valence-electron chi connectivity index (χ1n) is 8.87. The van der Waals surface area contributed by atoms with E-state index in [1.807, 2.05) is 0 Å². The van der Waals surface area contributed by atoms with Gasteiger partial charge in [0, 0.05) is 6.04 Å². The number of nitrogens with zero attached hydrogens (tertiary/aromatic N) is 3. The first kappa shape index (κ1) is 18.9. The second kappa shape index (κ2) is 11.4. The molecule has 1 aliphatic heterocycles. The molecule has 1 rings (SSSR count). The molecule has 1 heterocycles. The van der Waals surface area contributed by atoms with E-state index in [1.54, 1.807) is 0 Å². The van der Waals surface area contributed by atoms with Crippen molar-refractivity contribution in [2.75, 3.05) is 67.0 Å². The number of hydrogen-bond donors (Lipinski definition) is 1. The van der Waals surface area contributed by atoms with Crippen LogP contribution in [-0.2, 0) is 0 Å². The monoisotopic (exact) mass is 298 g/mol. The molecule has 0 radical (unpaired) electrons. The van der Waals surface area contributed by atoms with E-state index in [-0.39, 0.29) is 0 Å². The molecular formula is C17H38N4. The van der Waals surface area contributed by atoms with Crippen LogP contribution in [-0.4, -0.2) is 87.7 Å². The Labute approximate surface area is 132 Å². The Morgan fingerprint density at radius 1 is 0.714 bits per heavy atom. The third-order valence-electron chi connectivity index (χ3n) is 4.77. The van der Waals surface area contributed by atoms with E-state index in [2.05, 4.69) is 48.1 Å². The minimum absolute atomic E-state index is 0.682. The maximum Gasteiger partial charge on any atom is 0.00759 e. The van der Waals surface area contributed by atoms with Crippen molar-refractivity contribution in [2.45, 2.75) is 45.1 Å². The average molecular weight is 299 g/mol. The van der Waals surface area contributed by atoms with Crippen LogP contribution in [0.3, 0.4) is 0 Å². The molecule has 1 unspecified atom stereocenters. The van der Waals surface area contributed by atoms with Gasteiger partial charge in [-0.3, -0.25) is 0 Å². The lowest BCUT2D eigenvalue weighted by molar-refractivity contribution is 0.223. The van der Waals surface area contributed by atoms with Crippen LogP contribution in [0, 0.1) is 0 Å². The molecule has 21 heavy (non-hydrogen) atoms. The Morgan fingerprint density at radius 3 is 1.95 bits per heavy atom. The van der Waals surface area contributed by atoms with Gasteiger partial charge in [0.25, 0.3) is 0 Å². The molecule has 0 amide bonds. The van der Waals surface area contributed by atoms with Gasteiger partial charge >= 0.3 is 0 Å². The van der Waals surface area contributed by atoms with Gasteiger partial charge in [0.05, 0.1) is 0 Å². The summed E-state index contributed by atoms with van der Waals surface area (Å²) in [4.78, 5) is 7.50. The summed E-state index contributed by atoms with van der Waals surface area (Å²) in [5, 5.41) is 3.60. The molecule has 0 aromatic heterocycles. The zero-order valence-electron chi connectivity index (χ0n) is 14.9. The van der Waals surface area contributed by atoms with Crippen LogP contribution in [0.15, 0.2) is 0 Å². The standard InChI is InChI=1S/C17H38N4/c1-17-9-11-18-10-7-14-19(2)12-5-6-13-20(3)15-8-16-21(17)4/h17-18H,5-16H2,1-4H3. The van der Waals surface area contributed by atoms with Crippen LogP contribution in [0.5, 0.6) is 0 Å². The van der Waals surface area contributed by atoms with Gasteiger partial charge in [-0.25, -0.2) is 0 Å². The van der Waals surface area contributed by atoms with Gasteiger partial charge in [0.2, 0.25) is 0 Å². The molecule has 126 valence electrons. The van der Waals surface area contributed by atoms with Crippen molar-refractivity contribution in [3.63, 3.8) is 0 Å². The van der Waals surface area contributed by atoms with Crippen LogP contribution in [0.2, 0.25) is 0 Å². The Balaban J connectivity index is 2.34. The first-order valence-corrected chi connectivity index (χ1v) is 8.87. The van der Waals surface area contributed by atoms with Crippen molar-refractivity contribution in [2.24, 2.45) is 0 Å². The minimum Gasteiger partial charge on any atom is -0.317 e. The van der Waals surface area contributed by atoms with E-state index in [9.17, 15) is 0 Å². The number of nitrogens with one attached hydrogen (secondary N) is 1. The number of hydrogen-bond acceptors (Lipinski definition) is 4. The van der Waals surface area contributed by atoms with Gasteiger partial charge in [-0.1, -0.05) is 0 Å². The first-order chi connectivity index (χ1) is 10.1. The molecule has 4 nitrogen and oxygen atoms in total. The molecule has 0 aliphatic carbocycles. The van der Waals surface area contributed by atoms with Crippen molar-refractivity contribution in [1.82, 2.24) is 20.0 Å². The summed E-state index contributed by atoms with van der Waals surface area (Å²) in [6.07, 6.45) is 6.45. The quantitative estimate of drug-likeness (QED) is 0.735. The molecule has 4 heteroatoms. The van der Waals surface area contributed by atoms with Crippen LogP contribution >= 0.6 is 0 Å². The fourth-order valence-corrected chi connectivity index (χ4v) is 2.93. The molecule has 0 spiro atoms. The molecule has 1 atom stereocenters. The molecule has 1 N–H and O–H groups in total. The normalized spacial score (nSPS) is 28.3. The third kappa shape index (κ3) is 9.46. The number of rotatable bonds is 0. The van der Waals surface area contributed by atoms with Crippen LogP contribution < -0.4 is 5.32 Å². The predicted molar refractivity (Wildman–Crippen MR) is 93.0 cm³/mol. The van der Waals surface area contributed by atoms with Crippen molar-refractivity contribution in [1.29, 1.82) is 0 Å². The molecule has 1 fully saturated rings. The van der Waals surface area contributed by atoms with Crippen LogP contribution in [0.25, 0.3) is 0 Å². The van der Waals surface area contributed by atoms with Gasteiger partial charge in [-0.15, -0.1) is 0 Å². The molecule has 1 saturated heterocycles.